The summed E-state index contributed by atoms with van der Waals surface area (Å²) in [6.45, 7) is 10.3. The molecule has 1 aliphatic carbocycles. The van der Waals surface area contributed by atoms with Gasteiger partial charge in [0, 0.05) is 88.3 Å². The molecule has 3 fully saturated rings. The highest BCUT2D eigenvalue weighted by atomic mass is 16.5. The van der Waals surface area contributed by atoms with E-state index in [0.717, 1.165) is 56.7 Å². The smallest absolute Gasteiger partial charge is 0.254 e. The van der Waals surface area contributed by atoms with Crippen molar-refractivity contribution in [1.29, 1.82) is 0 Å². The molecule has 3 aliphatic rings. The van der Waals surface area contributed by atoms with Crippen molar-refractivity contribution < 1.29 is 23.8 Å². The maximum Gasteiger partial charge on any atom is 0.254 e. The van der Waals surface area contributed by atoms with Crippen LogP contribution in [0.15, 0.2) is 42.5 Å². The number of rotatable bonds is 15. The summed E-state index contributed by atoms with van der Waals surface area (Å²) >= 11 is 0. The zero-order chi connectivity index (χ0) is 31.1. The van der Waals surface area contributed by atoms with E-state index in [2.05, 4.69) is 41.1 Å². The number of hydrogen-bond acceptors (Lipinski definition) is 7. The molecular weight excluding hydrogens is 556 g/mol. The van der Waals surface area contributed by atoms with Crippen molar-refractivity contribution in [2.75, 3.05) is 71.6 Å². The minimum atomic E-state index is -0.0242. The minimum absolute atomic E-state index is 0.0198. The number of amides is 2. The summed E-state index contributed by atoms with van der Waals surface area (Å²) in [4.78, 5) is 34.3. The first-order chi connectivity index (χ1) is 21.4. The van der Waals surface area contributed by atoms with Crippen LogP contribution in [0, 0.1) is 11.8 Å². The maximum absolute atomic E-state index is 13.9. The lowest BCUT2D eigenvalue weighted by atomic mass is 9.93. The molecule has 2 atom stereocenters. The predicted molar refractivity (Wildman–Crippen MR) is 173 cm³/mol. The molecule has 44 heavy (non-hydrogen) atoms. The van der Waals surface area contributed by atoms with E-state index in [4.69, 9.17) is 14.2 Å². The first-order valence-corrected chi connectivity index (χ1v) is 16.4. The first kappa shape index (κ1) is 32.1. The van der Waals surface area contributed by atoms with Gasteiger partial charge in [0.05, 0.1) is 13.7 Å². The fraction of sp³-hybridized carbons (Fsp3) is 0.600. The Kier molecular flexibility index (Phi) is 11.0. The fourth-order valence-electron chi connectivity index (χ4n) is 6.48. The van der Waals surface area contributed by atoms with E-state index in [-0.39, 0.29) is 29.7 Å². The summed E-state index contributed by atoms with van der Waals surface area (Å²) in [5.74, 6) is 1.79. The maximum atomic E-state index is 13.9. The summed E-state index contributed by atoms with van der Waals surface area (Å²) in [7, 11) is 3.27. The largest absolute Gasteiger partial charge is 0.493 e. The van der Waals surface area contributed by atoms with Gasteiger partial charge in [-0.25, -0.2) is 0 Å². The Morgan fingerprint density at radius 1 is 0.909 bits per heavy atom. The van der Waals surface area contributed by atoms with E-state index < -0.39 is 0 Å². The molecule has 1 saturated carbocycles. The van der Waals surface area contributed by atoms with E-state index in [0.29, 0.717) is 49.4 Å². The number of carbonyl (C=O) groups excluding carboxylic acids is 2. The third kappa shape index (κ3) is 7.85. The van der Waals surface area contributed by atoms with Crippen LogP contribution in [0.2, 0.25) is 0 Å². The van der Waals surface area contributed by atoms with Crippen molar-refractivity contribution in [3.8, 4) is 11.5 Å². The summed E-state index contributed by atoms with van der Waals surface area (Å²) in [6, 6.07) is 13.9. The van der Waals surface area contributed by atoms with Gasteiger partial charge >= 0.3 is 0 Å². The minimum Gasteiger partial charge on any atom is -0.493 e. The van der Waals surface area contributed by atoms with E-state index in [9.17, 15) is 9.59 Å². The van der Waals surface area contributed by atoms with E-state index in [1.807, 2.05) is 23.1 Å². The Morgan fingerprint density at radius 2 is 1.64 bits per heavy atom. The number of ether oxygens (including phenoxy) is 3. The van der Waals surface area contributed by atoms with Gasteiger partial charge in [-0.15, -0.1) is 0 Å². The number of carbonyl (C=O) groups is 2. The number of hydrogen-bond donors (Lipinski definition) is 1. The molecule has 0 spiro atoms. The van der Waals surface area contributed by atoms with Gasteiger partial charge in [0.25, 0.3) is 11.8 Å². The third-order valence-electron chi connectivity index (χ3n) is 9.20. The van der Waals surface area contributed by atoms with Crippen molar-refractivity contribution >= 4 is 17.5 Å². The van der Waals surface area contributed by atoms with Crippen LogP contribution < -0.4 is 19.7 Å². The van der Waals surface area contributed by atoms with Crippen molar-refractivity contribution in [2.45, 2.75) is 58.0 Å². The van der Waals surface area contributed by atoms with E-state index in [1.54, 1.807) is 26.4 Å². The van der Waals surface area contributed by atoms with Crippen LogP contribution in [-0.2, 0) is 4.74 Å². The molecule has 0 aromatic heterocycles. The van der Waals surface area contributed by atoms with Crippen LogP contribution in [-0.4, -0.2) is 100 Å². The SMILES string of the molecule is COCCCOc1cc(C(=O)N(CC2CNCC2CN(C(=O)c2cccc(N3CCCC3)c2)C2CC2)C(C)C)ccc1OC. The molecule has 2 saturated heterocycles. The van der Waals surface area contributed by atoms with Crippen molar-refractivity contribution in [3.05, 3.63) is 53.6 Å². The lowest BCUT2D eigenvalue weighted by molar-refractivity contribution is 0.0613. The molecule has 2 unspecified atom stereocenters. The lowest BCUT2D eigenvalue weighted by Crippen LogP contribution is -2.45. The van der Waals surface area contributed by atoms with Gasteiger partial charge in [-0.1, -0.05) is 6.07 Å². The van der Waals surface area contributed by atoms with Crippen LogP contribution in [0.25, 0.3) is 0 Å². The van der Waals surface area contributed by atoms with Crippen LogP contribution >= 0.6 is 0 Å². The Bertz CT molecular complexity index is 1260. The highest BCUT2D eigenvalue weighted by Gasteiger charge is 2.39. The van der Waals surface area contributed by atoms with Gasteiger partial charge in [-0.3, -0.25) is 9.59 Å². The number of benzene rings is 2. The van der Waals surface area contributed by atoms with Crippen LogP contribution in [0.4, 0.5) is 5.69 Å². The molecule has 2 aromatic carbocycles. The Morgan fingerprint density at radius 3 is 2.32 bits per heavy atom. The molecule has 1 N–H and O–H groups in total. The van der Waals surface area contributed by atoms with Gasteiger partial charge in [-0.05, 0) is 87.8 Å². The number of anilines is 1. The second-order valence-electron chi connectivity index (χ2n) is 12.7. The van der Waals surface area contributed by atoms with Gasteiger partial charge in [-0.2, -0.15) is 0 Å². The number of methoxy groups -OCH3 is 2. The van der Waals surface area contributed by atoms with Crippen LogP contribution in [0.1, 0.15) is 66.7 Å². The fourth-order valence-corrected chi connectivity index (χ4v) is 6.48. The molecule has 0 bridgehead atoms. The van der Waals surface area contributed by atoms with Crippen molar-refractivity contribution in [1.82, 2.24) is 15.1 Å². The summed E-state index contributed by atoms with van der Waals surface area (Å²) in [5, 5.41) is 3.56. The van der Waals surface area contributed by atoms with Gasteiger partial charge < -0.3 is 34.2 Å². The highest BCUT2D eigenvalue weighted by molar-refractivity contribution is 5.96. The Hall–Kier alpha value is -3.30. The molecule has 2 aliphatic heterocycles. The molecule has 240 valence electrons. The standard InChI is InChI=1S/C35H50N4O5/c1-25(2)38(34(40)27-11-14-32(43-4)33(20-27)44-18-8-17-42-3)23-28-21-36-22-29(28)24-39(30-12-13-30)35(41)26-9-7-10-31(19-26)37-15-5-6-16-37/h7,9-11,14,19-20,25,28-30,36H,5-6,8,12-13,15-18,21-24H2,1-4H3. The Balaban J connectivity index is 1.27. The summed E-state index contributed by atoms with van der Waals surface area (Å²) < 4.78 is 16.6. The van der Waals surface area contributed by atoms with Crippen LogP contribution in [0.3, 0.4) is 0 Å². The molecule has 2 amide bonds. The van der Waals surface area contributed by atoms with E-state index >= 15 is 0 Å². The third-order valence-corrected chi connectivity index (χ3v) is 9.20. The highest BCUT2D eigenvalue weighted by Crippen LogP contribution is 2.33. The zero-order valence-electron chi connectivity index (χ0n) is 26.9. The van der Waals surface area contributed by atoms with Gasteiger partial charge in [0.2, 0.25) is 0 Å². The molecule has 0 radical (unpaired) electrons. The summed E-state index contributed by atoms with van der Waals surface area (Å²) in [5.41, 5.74) is 2.51. The van der Waals surface area contributed by atoms with Crippen molar-refractivity contribution in [3.63, 3.8) is 0 Å². The van der Waals surface area contributed by atoms with Gasteiger partial charge in [0.15, 0.2) is 11.5 Å². The quantitative estimate of drug-likeness (QED) is 0.294. The topological polar surface area (TPSA) is 83.6 Å². The average molecular weight is 607 g/mol. The zero-order valence-corrected chi connectivity index (χ0v) is 26.9. The normalized spacial score (nSPS) is 19.8. The second kappa shape index (κ2) is 15.1. The Labute approximate surface area is 262 Å². The van der Waals surface area contributed by atoms with Crippen molar-refractivity contribution in [2.24, 2.45) is 11.8 Å². The molecule has 9 heteroatoms. The number of nitrogens with zero attached hydrogens (tertiary/aromatic N) is 3. The number of nitrogens with one attached hydrogen (secondary N) is 1. The monoisotopic (exact) mass is 606 g/mol. The second-order valence-corrected chi connectivity index (χ2v) is 12.7. The van der Waals surface area contributed by atoms with Crippen LogP contribution in [0.5, 0.6) is 11.5 Å². The first-order valence-electron chi connectivity index (χ1n) is 16.4. The molecule has 2 heterocycles. The molecular formula is C35H50N4O5. The molecule has 5 rings (SSSR count). The molecule has 9 nitrogen and oxygen atoms in total. The summed E-state index contributed by atoms with van der Waals surface area (Å²) in [6.07, 6.45) is 5.29. The molecule has 2 aromatic rings. The average Bonchev–Trinajstić information content (AvgIpc) is 3.53. The van der Waals surface area contributed by atoms with E-state index in [1.165, 1.54) is 12.8 Å². The predicted octanol–water partition coefficient (Wildman–Crippen LogP) is 4.70. The lowest BCUT2D eigenvalue weighted by Gasteiger charge is -2.34. The van der Waals surface area contributed by atoms with Gasteiger partial charge in [0.1, 0.15) is 0 Å².